The van der Waals surface area contributed by atoms with Gasteiger partial charge in [-0.25, -0.2) is 0 Å². The predicted molar refractivity (Wildman–Crippen MR) is 102 cm³/mol. The molecule has 0 aromatic heterocycles. The lowest BCUT2D eigenvalue weighted by molar-refractivity contribution is -0.128. The summed E-state index contributed by atoms with van der Waals surface area (Å²) in [6, 6.07) is 17.9. The van der Waals surface area contributed by atoms with Gasteiger partial charge in [-0.15, -0.1) is 11.8 Å². The van der Waals surface area contributed by atoms with Gasteiger partial charge in [-0.05, 0) is 30.2 Å². The van der Waals surface area contributed by atoms with Crippen molar-refractivity contribution in [1.82, 2.24) is 4.90 Å². The number of hydrogen-bond acceptors (Lipinski definition) is 3. The van der Waals surface area contributed by atoms with E-state index in [9.17, 15) is 4.79 Å². The molecule has 0 spiro atoms. The largest absolute Gasteiger partial charge is 0.395 e. The van der Waals surface area contributed by atoms with Gasteiger partial charge >= 0.3 is 0 Å². The fraction of sp³-hybridized carbons (Fsp3) is 0.316. The summed E-state index contributed by atoms with van der Waals surface area (Å²) in [4.78, 5) is 14.0. The van der Waals surface area contributed by atoms with E-state index >= 15 is 0 Å². The quantitative estimate of drug-likeness (QED) is 0.770. The number of likely N-dealkylation sites (N-methyl/N-ethyl adjacent to an activating group) is 1. The minimum Gasteiger partial charge on any atom is -0.395 e. The summed E-state index contributed by atoms with van der Waals surface area (Å²) in [5, 5.41) is 9.83. The van der Waals surface area contributed by atoms with Gasteiger partial charge in [0.15, 0.2) is 0 Å². The number of carbonyl (C=O) groups excluding carboxylic acids is 1. The molecule has 0 fully saturated rings. The molecule has 0 saturated heterocycles. The SMILES string of the molecule is CCN(CCO)C(=O)CSC(c1ccccc1)c1ccc(Cl)cc1. The molecule has 2 aromatic carbocycles. The minimum atomic E-state index is -0.0104. The van der Waals surface area contributed by atoms with Gasteiger partial charge in [-0.3, -0.25) is 4.79 Å². The maximum Gasteiger partial charge on any atom is 0.232 e. The molecule has 0 bridgehead atoms. The Labute approximate surface area is 152 Å². The van der Waals surface area contributed by atoms with E-state index in [4.69, 9.17) is 16.7 Å². The summed E-state index contributed by atoms with van der Waals surface area (Å²) in [6.07, 6.45) is 0. The highest BCUT2D eigenvalue weighted by Crippen LogP contribution is 2.36. The van der Waals surface area contributed by atoms with Gasteiger partial charge in [0.25, 0.3) is 0 Å². The second-order valence-corrected chi connectivity index (χ2v) is 6.88. The van der Waals surface area contributed by atoms with Gasteiger partial charge in [0.2, 0.25) is 5.91 Å². The normalized spacial score (nSPS) is 12.0. The standard InChI is InChI=1S/C19H22ClNO2S/c1-2-21(12-13-22)18(23)14-24-19(15-6-4-3-5-7-15)16-8-10-17(20)11-9-16/h3-11,19,22H,2,12-14H2,1H3. The summed E-state index contributed by atoms with van der Waals surface area (Å²) in [5.74, 6) is 0.419. The molecule has 0 aliphatic rings. The second-order valence-electron chi connectivity index (χ2n) is 5.35. The topological polar surface area (TPSA) is 40.5 Å². The Morgan fingerprint density at radius 2 is 1.75 bits per heavy atom. The number of nitrogens with zero attached hydrogens (tertiary/aromatic N) is 1. The van der Waals surface area contributed by atoms with Crippen molar-refractivity contribution >= 4 is 29.3 Å². The maximum absolute atomic E-state index is 12.4. The molecular weight excluding hydrogens is 342 g/mol. The highest BCUT2D eigenvalue weighted by molar-refractivity contribution is 8.00. The first-order chi connectivity index (χ1) is 11.7. The van der Waals surface area contributed by atoms with Crippen LogP contribution in [-0.2, 0) is 4.79 Å². The summed E-state index contributed by atoms with van der Waals surface area (Å²) >= 11 is 7.59. The highest BCUT2D eigenvalue weighted by atomic mass is 35.5. The molecule has 1 unspecified atom stereocenters. The first kappa shape index (κ1) is 18.8. The summed E-state index contributed by atoms with van der Waals surface area (Å²) in [6.45, 7) is 2.90. The number of aliphatic hydroxyl groups excluding tert-OH is 1. The van der Waals surface area contributed by atoms with Gasteiger partial charge < -0.3 is 10.0 Å². The summed E-state index contributed by atoms with van der Waals surface area (Å²) in [7, 11) is 0. The smallest absolute Gasteiger partial charge is 0.232 e. The zero-order chi connectivity index (χ0) is 17.4. The van der Waals surface area contributed by atoms with E-state index < -0.39 is 0 Å². The van der Waals surface area contributed by atoms with Crippen molar-refractivity contribution in [3.05, 3.63) is 70.7 Å². The molecule has 0 heterocycles. The number of thioether (sulfide) groups is 1. The second kappa shape index (κ2) is 9.72. The van der Waals surface area contributed by atoms with Crippen LogP contribution < -0.4 is 0 Å². The van der Waals surface area contributed by atoms with Crippen LogP contribution >= 0.6 is 23.4 Å². The van der Waals surface area contributed by atoms with Crippen LogP contribution in [0, 0.1) is 0 Å². The molecule has 24 heavy (non-hydrogen) atoms. The third kappa shape index (κ3) is 5.26. The molecule has 0 aliphatic carbocycles. The Kier molecular flexibility index (Phi) is 7.63. The molecule has 3 nitrogen and oxygen atoms in total. The minimum absolute atomic E-state index is 0.0104. The fourth-order valence-electron chi connectivity index (χ4n) is 2.48. The Hall–Kier alpha value is -1.49. The van der Waals surface area contributed by atoms with Crippen LogP contribution in [0.1, 0.15) is 23.3 Å². The van der Waals surface area contributed by atoms with Crippen LogP contribution in [0.4, 0.5) is 0 Å². The van der Waals surface area contributed by atoms with Crippen molar-refractivity contribution in [2.45, 2.75) is 12.2 Å². The van der Waals surface area contributed by atoms with Crippen LogP contribution in [0.3, 0.4) is 0 Å². The molecule has 1 N–H and O–H groups in total. The zero-order valence-corrected chi connectivity index (χ0v) is 15.3. The average Bonchev–Trinajstić information content (AvgIpc) is 2.62. The van der Waals surface area contributed by atoms with Gasteiger partial charge in [0.05, 0.1) is 17.6 Å². The fourth-order valence-corrected chi connectivity index (χ4v) is 3.79. The Morgan fingerprint density at radius 3 is 2.33 bits per heavy atom. The summed E-state index contributed by atoms with van der Waals surface area (Å²) in [5.41, 5.74) is 2.27. The number of aliphatic hydroxyl groups is 1. The van der Waals surface area contributed by atoms with Crippen molar-refractivity contribution in [2.24, 2.45) is 0 Å². The molecule has 2 rings (SSSR count). The van der Waals surface area contributed by atoms with Crippen molar-refractivity contribution in [3.63, 3.8) is 0 Å². The molecule has 0 saturated carbocycles. The van der Waals surface area contributed by atoms with E-state index in [1.807, 2.05) is 49.4 Å². The van der Waals surface area contributed by atoms with Crippen LogP contribution in [0.15, 0.2) is 54.6 Å². The van der Waals surface area contributed by atoms with E-state index in [-0.39, 0.29) is 17.8 Å². The monoisotopic (exact) mass is 363 g/mol. The van der Waals surface area contributed by atoms with Gasteiger partial charge in [-0.2, -0.15) is 0 Å². The molecular formula is C19H22ClNO2S. The number of halogens is 1. The lowest BCUT2D eigenvalue weighted by Gasteiger charge is -2.22. The average molecular weight is 364 g/mol. The van der Waals surface area contributed by atoms with Crippen molar-refractivity contribution < 1.29 is 9.90 Å². The molecule has 5 heteroatoms. The molecule has 128 valence electrons. The predicted octanol–water partition coefficient (Wildman–Crippen LogP) is 4.00. The number of hydrogen-bond donors (Lipinski definition) is 1. The van der Waals surface area contributed by atoms with E-state index in [1.54, 1.807) is 16.7 Å². The van der Waals surface area contributed by atoms with Crippen molar-refractivity contribution in [1.29, 1.82) is 0 Å². The lowest BCUT2D eigenvalue weighted by atomic mass is 10.0. The van der Waals surface area contributed by atoms with Gasteiger partial charge in [0, 0.05) is 18.1 Å². The number of carbonyl (C=O) groups is 1. The number of amides is 1. The van der Waals surface area contributed by atoms with Gasteiger partial charge in [-0.1, -0.05) is 54.1 Å². The molecule has 2 aromatic rings. The zero-order valence-electron chi connectivity index (χ0n) is 13.7. The third-order valence-corrected chi connectivity index (χ3v) is 5.30. The Balaban J connectivity index is 2.15. The third-order valence-electron chi connectivity index (χ3n) is 3.75. The van der Waals surface area contributed by atoms with Crippen LogP contribution in [0.5, 0.6) is 0 Å². The first-order valence-corrected chi connectivity index (χ1v) is 9.39. The number of benzene rings is 2. The van der Waals surface area contributed by atoms with E-state index in [2.05, 4.69) is 12.1 Å². The Morgan fingerprint density at radius 1 is 1.12 bits per heavy atom. The number of rotatable bonds is 8. The molecule has 1 amide bonds. The van der Waals surface area contributed by atoms with Crippen molar-refractivity contribution in [2.75, 3.05) is 25.4 Å². The van der Waals surface area contributed by atoms with E-state index in [1.165, 1.54) is 0 Å². The lowest BCUT2D eigenvalue weighted by Crippen LogP contribution is -2.34. The van der Waals surface area contributed by atoms with Crippen LogP contribution in [0.25, 0.3) is 0 Å². The molecule has 0 radical (unpaired) electrons. The van der Waals surface area contributed by atoms with Crippen LogP contribution in [0.2, 0.25) is 5.02 Å². The molecule has 1 atom stereocenters. The summed E-state index contributed by atoms with van der Waals surface area (Å²) < 4.78 is 0. The molecule has 0 aliphatic heterocycles. The highest BCUT2D eigenvalue weighted by Gasteiger charge is 2.18. The van der Waals surface area contributed by atoms with E-state index in [0.717, 1.165) is 11.1 Å². The van der Waals surface area contributed by atoms with Gasteiger partial charge in [0.1, 0.15) is 0 Å². The maximum atomic E-state index is 12.4. The first-order valence-electron chi connectivity index (χ1n) is 7.96. The van der Waals surface area contributed by atoms with E-state index in [0.29, 0.717) is 23.9 Å². The van der Waals surface area contributed by atoms with Crippen molar-refractivity contribution in [3.8, 4) is 0 Å². The Bertz CT molecular complexity index is 634. The van der Waals surface area contributed by atoms with Crippen LogP contribution in [-0.4, -0.2) is 41.4 Å².